The third kappa shape index (κ3) is 3.73. The van der Waals surface area contributed by atoms with Crippen LogP contribution in [0.25, 0.3) is 0 Å². The molecule has 0 spiro atoms. The maximum atomic E-state index is 10.7. The molecule has 0 unspecified atom stereocenters. The summed E-state index contributed by atoms with van der Waals surface area (Å²) in [6.07, 6.45) is 6.02. The van der Waals surface area contributed by atoms with Crippen molar-refractivity contribution in [3.05, 3.63) is 52.8 Å². The Morgan fingerprint density at radius 2 is 1.36 bits per heavy atom. The Labute approximate surface area is 134 Å². The predicted octanol–water partition coefficient (Wildman–Crippen LogP) is 5.10. The first kappa shape index (κ1) is 16.7. The third-order valence-electron chi connectivity index (χ3n) is 4.15. The molecule has 0 bridgehead atoms. The number of rotatable bonds is 3. The lowest BCUT2D eigenvalue weighted by Crippen LogP contribution is -2.18. The van der Waals surface area contributed by atoms with E-state index in [1.807, 2.05) is 6.20 Å². The van der Waals surface area contributed by atoms with E-state index in [2.05, 4.69) is 70.9 Å². The zero-order chi connectivity index (χ0) is 16.5. The number of nitrogens with one attached hydrogen (secondary N) is 1. The van der Waals surface area contributed by atoms with Crippen molar-refractivity contribution in [2.45, 2.75) is 65.2 Å². The largest absolute Gasteiger partial charge is 0.507 e. The van der Waals surface area contributed by atoms with E-state index in [4.69, 9.17) is 0 Å². The van der Waals surface area contributed by atoms with Crippen molar-refractivity contribution in [2.75, 3.05) is 0 Å². The molecule has 2 rings (SSSR count). The van der Waals surface area contributed by atoms with Gasteiger partial charge in [0.1, 0.15) is 5.75 Å². The van der Waals surface area contributed by atoms with Crippen LogP contribution in [0.5, 0.6) is 5.75 Å². The molecule has 0 saturated heterocycles. The molecule has 0 saturated carbocycles. The summed E-state index contributed by atoms with van der Waals surface area (Å²) in [7, 11) is 0. The fourth-order valence-electron chi connectivity index (χ4n) is 2.78. The van der Waals surface area contributed by atoms with Gasteiger partial charge in [0.15, 0.2) is 0 Å². The first-order chi connectivity index (χ1) is 10.1. The highest BCUT2D eigenvalue weighted by atomic mass is 16.3. The molecule has 2 heteroatoms. The summed E-state index contributed by atoms with van der Waals surface area (Å²) in [6, 6.07) is 6.48. The average molecular weight is 299 g/mol. The Bertz CT molecular complexity index is 590. The van der Waals surface area contributed by atoms with Gasteiger partial charge >= 0.3 is 0 Å². The normalized spacial score (nSPS) is 12.6. The van der Waals surface area contributed by atoms with Crippen LogP contribution < -0.4 is 0 Å². The van der Waals surface area contributed by atoms with Crippen LogP contribution in [-0.2, 0) is 23.7 Å². The molecule has 0 fully saturated rings. The van der Waals surface area contributed by atoms with Crippen molar-refractivity contribution < 1.29 is 5.11 Å². The maximum absolute atomic E-state index is 10.7. The first-order valence-electron chi connectivity index (χ1n) is 8.07. The molecule has 2 aromatic rings. The number of H-pyrrole nitrogens is 1. The Hall–Kier alpha value is -1.70. The van der Waals surface area contributed by atoms with Gasteiger partial charge in [-0.15, -0.1) is 0 Å². The molecule has 0 atom stereocenters. The summed E-state index contributed by atoms with van der Waals surface area (Å²) >= 11 is 0. The molecule has 1 heterocycles. The summed E-state index contributed by atoms with van der Waals surface area (Å²) in [5.41, 5.74) is 4.59. The predicted molar refractivity (Wildman–Crippen MR) is 93.7 cm³/mol. The van der Waals surface area contributed by atoms with E-state index >= 15 is 0 Å². The molecule has 2 nitrogen and oxygen atoms in total. The molecule has 0 aliphatic heterocycles. The van der Waals surface area contributed by atoms with Crippen LogP contribution >= 0.6 is 0 Å². The molecule has 120 valence electrons. The number of benzene rings is 1. The molecule has 22 heavy (non-hydrogen) atoms. The minimum Gasteiger partial charge on any atom is -0.507 e. The second kappa shape index (κ2) is 5.83. The summed E-state index contributed by atoms with van der Waals surface area (Å²) in [6.45, 7) is 12.9. The van der Waals surface area contributed by atoms with Crippen molar-refractivity contribution in [3.63, 3.8) is 0 Å². The molecule has 0 aliphatic rings. The van der Waals surface area contributed by atoms with Gasteiger partial charge in [-0.3, -0.25) is 0 Å². The Kier molecular flexibility index (Phi) is 4.42. The van der Waals surface area contributed by atoms with Crippen LogP contribution in [0.3, 0.4) is 0 Å². The molecular formula is C20H29NO. The highest BCUT2D eigenvalue weighted by Crippen LogP contribution is 2.39. The quantitative estimate of drug-likeness (QED) is 0.812. The van der Waals surface area contributed by atoms with E-state index < -0.39 is 0 Å². The third-order valence-corrected chi connectivity index (χ3v) is 4.15. The Morgan fingerprint density at radius 3 is 1.77 bits per heavy atom. The lowest BCUT2D eigenvalue weighted by molar-refractivity contribution is 0.422. The molecular weight excluding hydrogens is 270 g/mol. The number of aromatic nitrogens is 1. The van der Waals surface area contributed by atoms with Crippen LogP contribution in [0, 0.1) is 0 Å². The number of phenolic OH excluding ortho intramolecular Hbond substituents is 1. The number of aromatic amines is 1. The van der Waals surface area contributed by atoms with Gasteiger partial charge in [0.2, 0.25) is 0 Å². The van der Waals surface area contributed by atoms with Gasteiger partial charge in [0.05, 0.1) is 0 Å². The second-order valence-electron chi connectivity index (χ2n) is 8.26. The standard InChI is InChI=1S/C20H29NO/c1-19(2,3)16-11-15(8-7-14-9-10-21-13-14)12-17(18(16)22)20(4,5)6/h9-13,21-22H,7-8H2,1-6H3. The van der Waals surface area contributed by atoms with E-state index in [0.717, 1.165) is 24.0 Å². The second-order valence-corrected chi connectivity index (χ2v) is 8.26. The van der Waals surface area contributed by atoms with Gasteiger partial charge in [-0.25, -0.2) is 0 Å². The van der Waals surface area contributed by atoms with Crippen LogP contribution in [0.2, 0.25) is 0 Å². The monoisotopic (exact) mass is 299 g/mol. The smallest absolute Gasteiger partial charge is 0.123 e. The van der Waals surface area contributed by atoms with Crippen LogP contribution in [-0.4, -0.2) is 10.1 Å². The molecule has 2 N–H and O–H groups in total. The zero-order valence-corrected chi connectivity index (χ0v) is 14.7. The molecule has 0 amide bonds. The van der Waals surface area contributed by atoms with Gasteiger partial charge in [0, 0.05) is 12.4 Å². The summed E-state index contributed by atoms with van der Waals surface area (Å²) < 4.78 is 0. The van der Waals surface area contributed by atoms with Gasteiger partial charge in [-0.2, -0.15) is 0 Å². The van der Waals surface area contributed by atoms with E-state index in [1.54, 1.807) is 0 Å². The van der Waals surface area contributed by atoms with E-state index in [-0.39, 0.29) is 10.8 Å². The highest BCUT2D eigenvalue weighted by Gasteiger charge is 2.26. The van der Waals surface area contributed by atoms with Crippen molar-refractivity contribution >= 4 is 0 Å². The number of phenols is 1. The lowest BCUT2D eigenvalue weighted by Gasteiger charge is -2.28. The zero-order valence-electron chi connectivity index (χ0n) is 14.7. The Morgan fingerprint density at radius 1 is 0.864 bits per heavy atom. The molecule has 0 radical (unpaired) electrons. The van der Waals surface area contributed by atoms with Gasteiger partial charge in [0.25, 0.3) is 0 Å². The maximum Gasteiger partial charge on any atom is 0.123 e. The summed E-state index contributed by atoms with van der Waals surface area (Å²) in [5, 5.41) is 10.7. The number of aryl methyl sites for hydroxylation is 2. The number of aromatic hydroxyl groups is 1. The minimum absolute atomic E-state index is 0.0613. The fourth-order valence-corrected chi connectivity index (χ4v) is 2.78. The van der Waals surface area contributed by atoms with Crippen LogP contribution in [0.4, 0.5) is 0 Å². The summed E-state index contributed by atoms with van der Waals surface area (Å²) in [5.74, 6) is 0.463. The van der Waals surface area contributed by atoms with Crippen molar-refractivity contribution in [1.82, 2.24) is 4.98 Å². The molecule has 1 aromatic carbocycles. The lowest BCUT2D eigenvalue weighted by atomic mass is 9.78. The SMILES string of the molecule is CC(C)(C)c1cc(CCc2cc[nH]c2)cc(C(C)(C)C)c1O. The van der Waals surface area contributed by atoms with Gasteiger partial charge in [-0.05, 0) is 52.0 Å². The highest BCUT2D eigenvalue weighted by molar-refractivity contribution is 5.50. The first-order valence-corrected chi connectivity index (χ1v) is 8.07. The average Bonchev–Trinajstić information content (AvgIpc) is 2.87. The number of hydrogen-bond donors (Lipinski definition) is 2. The van der Waals surface area contributed by atoms with E-state index in [1.165, 1.54) is 11.1 Å². The van der Waals surface area contributed by atoms with Crippen LogP contribution in [0.15, 0.2) is 30.6 Å². The minimum atomic E-state index is -0.0613. The van der Waals surface area contributed by atoms with Gasteiger partial charge in [-0.1, -0.05) is 53.7 Å². The van der Waals surface area contributed by atoms with E-state index in [9.17, 15) is 5.11 Å². The molecule has 1 aromatic heterocycles. The van der Waals surface area contributed by atoms with Gasteiger partial charge < -0.3 is 10.1 Å². The number of hydrogen-bond acceptors (Lipinski definition) is 1. The van der Waals surface area contributed by atoms with Crippen molar-refractivity contribution in [3.8, 4) is 5.75 Å². The van der Waals surface area contributed by atoms with Crippen molar-refractivity contribution in [1.29, 1.82) is 0 Å². The Balaban J connectivity index is 2.41. The fraction of sp³-hybridized carbons (Fsp3) is 0.500. The summed E-state index contributed by atoms with van der Waals surface area (Å²) in [4.78, 5) is 3.11. The van der Waals surface area contributed by atoms with Crippen molar-refractivity contribution in [2.24, 2.45) is 0 Å². The van der Waals surface area contributed by atoms with Crippen LogP contribution in [0.1, 0.15) is 63.8 Å². The topological polar surface area (TPSA) is 36.0 Å². The van der Waals surface area contributed by atoms with E-state index in [0.29, 0.717) is 5.75 Å². The molecule has 0 aliphatic carbocycles.